The summed E-state index contributed by atoms with van der Waals surface area (Å²) in [7, 11) is 0. The molecule has 2 amide bonds. The van der Waals surface area contributed by atoms with E-state index in [9.17, 15) is 4.79 Å². The Morgan fingerprint density at radius 1 is 1.29 bits per heavy atom. The number of benzene rings is 1. The van der Waals surface area contributed by atoms with Gasteiger partial charge in [-0.1, -0.05) is 18.2 Å². The highest BCUT2D eigenvalue weighted by Gasteiger charge is 2.24. The molecule has 5 nitrogen and oxygen atoms in total. The smallest absolute Gasteiger partial charge is 0.315 e. The van der Waals surface area contributed by atoms with E-state index in [1.165, 1.54) is 5.69 Å². The summed E-state index contributed by atoms with van der Waals surface area (Å²) in [5, 5.41) is 5.97. The first-order chi connectivity index (χ1) is 10.3. The third-order valence-corrected chi connectivity index (χ3v) is 4.16. The molecule has 2 heterocycles. The van der Waals surface area contributed by atoms with E-state index in [2.05, 4.69) is 27.7 Å². The van der Waals surface area contributed by atoms with Crippen molar-refractivity contribution in [2.75, 3.05) is 31.1 Å². The van der Waals surface area contributed by atoms with E-state index in [0.717, 1.165) is 39.0 Å². The molecule has 0 saturated carbocycles. The molecule has 1 aromatic carbocycles. The number of hydrogen-bond acceptors (Lipinski definition) is 3. The van der Waals surface area contributed by atoms with Gasteiger partial charge in [0.15, 0.2) is 0 Å². The number of rotatable bonds is 4. The van der Waals surface area contributed by atoms with Gasteiger partial charge in [-0.15, -0.1) is 0 Å². The first-order valence-corrected chi connectivity index (χ1v) is 7.77. The second-order valence-electron chi connectivity index (χ2n) is 5.76. The summed E-state index contributed by atoms with van der Waals surface area (Å²) in [5.41, 5.74) is 1.22. The Balaban J connectivity index is 1.41. The van der Waals surface area contributed by atoms with E-state index in [4.69, 9.17) is 4.74 Å². The van der Waals surface area contributed by atoms with Gasteiger partial charge < -0.3 is 20.3 Å². The number of hydrogen-bond donors (Lipinski definition) is 2. The first kappa shape index (κ1) is 14.2. The number of ether oxygens (including phenoxy) is 1. The number of anilines is 1. The maximum atomic E-state index is 11.9. The molecule has 1 aromatic rings. The molecule has 3 rings (SSSR count). The van der Waals surface area contributed by atoms with Crippen molar-refractivity contribution in [3.8, 4) is 0 Å². The van der Waals surface area contributed by atoms with E-state index in [1.54, 1.807) is 0 Å². The van der Waals surface area contributed by atoms with Crippen molar-refractivity contribution >= 4 is 11.7 Å². The van der Waals surface area contributed by atoms with Crippen molar-refractivity contribution in [1.29, 1.82) is 0 Å². The highest BCUT2D eigenvalue weighted by Crippen LogP contribution is 2.19. The normalized spacial score (nSPS) is 25.0. The molecule has 2 aliphatic rings. The number of carbonyl (C=O) groups is 1. The Bertz CT molecular complexity index is 460. The highest BCUT2D eigenvalue weighted by atomic mass is 16.5. The zero-order valence-corrected chi connectivity index (χ0v) is 12.3. The SMILES string of the molecule is O=C(NC[C@@H]1CCCO1)N[C@H]1CCN(c2ccccc2)C1. The van der Waals surface area contributed by atoms with Crippen LogP contribution in [0.4, 0.5) is 10.5 Å². The minimum absolute atomic E-state index is 0.0783. The van der Waals surface area contributed by atoms with Gasteiger partial charge in [-0.05, 0) is 31.4 Å². The number of amides is 2. The van der Waals surface area contributed by atoms with Crippen LogP contribution in [0.25, 0.3) is 0 Å². The van der Waals surface area contributed by atoms with E-state index < -0.39 is 0 Å². The zero-order chi connectivity index (χ0) is 14.5. The fourth-order valence-corrected chi connectivity index (χ4v) is 3.00. The third kappa shape index (κ3) is 3.88. The molecule has 0 spiro atoms. The zero-order valence-electron chi connectivity index (χ0n) is 12.3. The Morgan fingerprint density at radius 3 is 2.90 bits per heavy atom. The minimum Gasteiger partial charge on any atom is -0.376 e. The van der Waals surface area contributed by atoms with Crippen molar-refractivity contribution in [2.24, 2.45) is 0 Å². The topological polar surface area (TPSA) is 53.6 Å². The van der Waals surface area contributed by atoms with Crippen molar-refractivity contribution in [3.05, 3.63) is 30.3 Å². The number of para-hydroxylation sites is 1. The summed E-state index contributed by atoms with van der Waals surface area (Å²) in [6, 6.07) is 10.5. The van der Waals surface area contributed by atoms with E-state index in [-0.39, 0.29) is 18.2 Å². The van der Waals surface area contributed by atoms with Gasteiger partial charge in [0.05, 0.1) is 6.10 Å². The van der Waals surface area contributed by atoms with Crippen molar-refractivity contribution < 1.29 is 9.53 Å². The average molecular weight is 289 g/mol. The van der Waals surface area contributed by atoms with Gasteiger partial charge in [-0.3, -0.25) is 0 Å². The maximum Gasteiger partial charge on any atom is 0.315 e. The summed E-state index contributed by atoms with van der Waals surface area (Å²) in [6.07, 6.45) is 3.33. The summed E-state index contributed by atoms with van der Waals surface area (Å²) < 4.78 is 5.50. The van der Waals surface area contributed by atoms with Crippen molar-refractivity contribution in [2.45, 2.75) is 31.4 Å². The number of nitrogens with one attached hydrogen (secondary N) is 2. The minimum atomic E-state index is -0.0783. The summed E-state index contributed by atoms with van der Waals surface area (Å²) in [6.45, 7) is 3.29. The lowest BCUT2D eigenvalue weighted by Crippen LogP contribution is -2.45. The van der Waals surface area contributed by atoms with Crippen LogP contribution in [0.3, 0.4) is 0 Å². The molecule has 0 aliphatic carbocycles. The molecular formula is C16H23N3O2. The van der Waals surface area contributed by atoms with Crippen molar-refractivity contribution in [3.63, 3.8) is 0 Å². The van der Waals surface area contributed by atoms with Crippen LogP contribution in [-0.4, -0.2) is 44.4 Å². The van der Waals surface area contributed by atoms with Gasteiger partial charge in [0, 0.05) is 38.0 Å². The largest absolute Gasteiger partial charge is 0.376 e. The Labute approximate surface area is 125 Å². The molecule has 5 heteroatoms. The number of nitrogens with zero attached hydrogens (tertiary/aromatic N) is 1. The molecule has 0 unspecified atom stereocenters. The lowest BCUT2D eigenvalue weighted by Gasteiger charge is -2.19. The van der Waals surface area contributed by atoms with E-state index in [0.29, 0.717) is 6.54 Å². The molecular weight excluding hydrogens is 266 g/mol. The first-order valence-electron chi connectivity index (χ1n) is 7.77. The monoisotopic (exact) mass is 289 g/mol. The van der Waals surface area contributed by atoms with Crippen molar-refractivity contribution in [1.82, 2.24) is 10.6 Å². The molecule has 0 radical (unpaired) electrons. The number of urea groups is 1. The summed E-state index contributed by atoms with van der Waals surface area (Å²) in [5.74, 6) is 0. The molecule has 114 valence electrons. The molecule has 2 atom stereocenters. The van der Waals surface area contributed by atoms with Gasteiger partial charge in [0.2, 0.25) is 0 Å². The fraction of sp³-hybridized carbons (Fsp3) is 0.562. The fourth-order valence-electron chi connectivity index (χ4n) is 3.00. The Morgan fingerprint density at radius 2 is 2.14 bits per heavy atom. The Hall–Kier alpha value is -1.75. The highest BCUT2D eigenvalue weighted by molar-refractivity contribution is 5.74. The molecule has 21 heavy (non-hydrogen) atoms. The van der Waals surface area contributed by atoms with E-state index in [1.807, 2.05) is 18.2 Å². The van der Waals surface area contributed by atoms with Gasteiger partial charge in [0.1, 0.15) is 0 Å². The average Bonchev–Trinajstić information content (AvgIpc) is 3.17. The predicted octanol–water partition coefficient (Wildman–Crippen LogP) is 1.74. The lowest BCUT2D eigenvalue weighted by molar-refractivity contribution is 0.111. The van der Waals surface area contributed by atoms with Crippen LogP contribution >= 0.6 is 0 Å². The van der Waals surface area contributed by atoms with Gasteiger partial charge in [-0.2, -0.15) is 0 Å². The molecule has 0 bridgehead atoms. The van der Waals surface area contributed by atoms with Gasteiger partial charge >= 0.3 is 6.03 Å². The number of carbonyl (C=O) groups excluding carboxylic acids is 1. The van der Waals surface area contributed by atoms with Crippen LogP contribution in [-0.2, 0) is 4.74 Å². The van der Waals surface area contributed by atoms with Crippen LogP contribution in [0.15, 0.2) is 30.3 Å². The molecule has 2 aliphatic heterocycles. The van der Waals surface area contributed by atoms with Crippen LogP contribution in [0.5, 0.6) is 0 Å². The van der Waals surface area contributed by atoms with E-state index >= 15 is 0 Å². The van der Waals surface area contributed by atoms with Gasteiger partial charge in [-0.25, -0.2) is 4.79 Å². The summed E-state index contributed by atoms with van der Waals surface area (Å²) in [4.78, 5) is 14.2. The second kappa shape index (κ2) is 6.80. The van der Waals surface area contributed by atoms with Crippen LogP contribution in [0.2, 0.25) is 0 Å². The molecule has 0 aromatic heterocycles. The second-order valence-corrected chi connectivity index (χ2v) is 5.76. The van der Waals surface area contributed by atoms with Crippen LogP contribution in [0.1, 0.15) is 19.3 Å². The molecule has 2 saturated heterocycles. The molecule has 2 fully saturated rings. The predicted molar refractivity (Wildman–Crippen MR) is 82.6 cm³/mol. The lowest BCUT2D eigenvalue weighted by atomic mass is 10.2. The summed E-state index contributed by atoms with van der Waals surface area (Å²) >= 11 is 0. The Kier molecular flexibility index (Phi) is 4.60. The van der Waals surface area contributed by atoms with Crippen LogP contribution in [0, 0.1) is 0 Å². The standard InChI is InChI=1S/C16H23N3O2/c20-16(17-11-15-7-4-10-21-15)18-13-8-9-19(12-13)14-5-2-1-3-6-14/h1-3,5-6,13,15H,4,7-12H2,(H2,17,18,20)/t13-,15-/m0/s1. The molecule has 2 N–H and O–H groups in total. The third-order valence-electron chi connectivity index (χ3n) is 4.16. The van der Waals surface area contributed by atoms with Crippen LogP contribution < -0.4 is 15.5 Å². The maximum absolute atomic E-state index is 11.9. The van der Waals surface area contributed by atoms with Gasteiger partial charge in [0.25, 0.3) is 0 Å². The quantitative estimate of drug-likeness (QED) is 0.888.